The average Bonchev–Trinajstić information content (AvgIpc) is 3.31. The molecule has 9 nitrogen and oxygen atoms in total. The number of carbonyl (C=O) groups is 1. The van der Waals surface area contributed by atoms with Gasteiger partial charge in [-0.15, -0.1) is 0 Å². The minimum atomic E-state index is -0.170. The summed E-state index contributed by atoms with van der Waals surface area (Å²) in [4.78, 5) is 11.6. The Morgan fingerprint density at radius 1 is 0.587 bits per heavy atom. The molecule has 1 amide bonds. The topological polar surface area (TPSA) is 110 Å². The fraction of sp³-hybridized carbons (Fsp3) is 0.604. The molecule has 5 saturated heterocycles. The molecule has 3 aromatic rings. The minimum Gasteiger partial charge on any atom is -0.396 e. The van der Waals surface area contributed by atoms with Crippen molar-refractivity contribution in [3.05, 3.63) is 101 Å². The first-order valence-electron chi connectivity index (χ1n) is 22.6. The minimum absolute atomic E-state index is 0.00122. The van der Waals surface area contributed by atoms with Gasteiger partial charge in [0.1, 0.15) is 0 Å². The molecule has 15 heteroatoms. The third kappa shape index (κ3) is 14.3. The van der Waals surface area contributed by atoms with Crippen LogP contribution in [0.1, 0.15) is 107 Å². The largest absolute Gasteiger partial charge is 0.396 e. The summed E-state index contributed by atoms with van der Waals surface area (Å²) in [6.07, 6.45) is 13.7. The third-order valence-electron chi connectivity index (χ3n) is 13.3. The maximum atomic E-state index is 11.6. The van der Waals surface area contributed by atoms with Crippen LogP contribution in [0, 0.1) is 0 Å². The predicted octanol–water partition coefficient (Wildman–Crippen LogP) is 11.2. The number of benzene rings is 3. The fourth-order valence-electron chi connectivity index (χ4n) is 9.41. The highest BCUT2D eigenvalue weighted by molar-refractivity contribution is 6.43. The maximum absolute atomic E-state index is 11.6. The highest BCUT2D eigenvalue weighted by Crippen LogP contribution is 2.40. The summed E-state index contributed by atoms with van der Waals surface area (Å²) >= 11 is 36.6. The lowest BCUT2D eigenvalue weighted by molar-refractivity contribution is -0.173. The predicted molar refractivity (Wildman–Crippen MR) is 256 cm³/mol. The number of hydrogen-bond donors (Lipinski definition) is 4. The van der Waals surface area contributed by atoms with Gasteiger partial charge >= 0.3 is 0 Å². The van der Waals surface area contributed by atoms with Crippen molar-refractivity contribution in [1.29, 1.82) is 0 Å². The van der Waals surface area contributed by atoms with Crippen molar-refractivity contribution in [2.75, 3.05) is 65.8 Å². The number of aliphatic hydroxyl groups is 1. The van der Waals surface area contributed by atoms with Gasteiger partial charge in [0.05, 0.1) is 43.3 Å². The molecular formula is C48H63Cl6N3O6. The van der Waals surface area contributed by atoms with Crippen LogP contribution in [0.4, 0.5) is 0 Å². The molecule has 0 bridgehead atoms. The molecule has 8 rings (SSSR count). The molecule has 0 spiro atoms. The van der Waals surface area contributed by atoms with Gasteiger partial charge in [0.2, 0.25) is 5.91 Å². The van der Waals surface area contributed by atoms with E-state index in [1.807, 2.05) is 48.5 Å². The van der Waals surface area contributed by atoms with Crippen LogP contribution in [0.15, 0.2) is 54.6 Å². The van der Waals surface area contributed by atoms with E-state index in [-0.39, 0.29) is 41.3 Å². The Hall–Kier alpha value is -1.41. The molecular weight excluding hydrogens is 927 g/mol. The van der Waals surface area contributed by atoms with Crippen molar-refractivity contribution in [2.45, 2.75) is 119 Å². The summed E-state index contributed by atoms with van der Waals surface area (Å²) < 4.78 is 23.4. The zero-order chi connectivity index (χ0) is 44.7. The summed E-state index contributed by atoms with van der Waals surface area (Å²) in [5.74, 6) is 0.0993. The smallest absolute Gasteiger partial charge is 0.220 e. The monoisotopic (exact) mass is 987 g/mol. The summed E-state index contributed by atoms with van der Waals surface area (Å²) in [6.45, 7) is 7.53. The Bertz CT molecular complexity index is 1880. The van der Waals surface area contributed by atoms with Crippen LogP contribution in [0.5, 0.6) is 0 Å². The van der Waals surface area contributed by atoms with Crippen LogP contribution in [0.3, 0.4) is 0 Å². The van der Waals surface area contributed by atoms with Gasteiger partial charge in [0, 0.05) is 62.1 Å². The van der Waals surface area contributed by atoms with E-state index < -0.39 is 0 Å². The number of hydrogen-bond acceptors (Lipinski definition) is 8. The van der Waals surface area contributed by atoms with Gasteiger partial charge in [-0.25, -0.2) is 0 Å². The Labute approximate surface area is 403 Å². The number of ether oxygens (including phenoxy) is 4. The summed E-state index contributed by atoms with van der Waals surface area (Å²) in [6, 6.07) is 17.5. The fourth-order valence-corrected chi connectivity index (χ4v) is 10.3. The molecule has 0 aromatic heterocycles. The van der Waals surface area contributed by atoms with E-state index in [2.05, 4.69) is 22.0 Å². The van der Waals surface area contributed by atoms with Gasteiger partial charge in [-0.2, -0.15) is 0 Å². The van der Waals surface area contributed by atoms with Crippen LogP contribution in [0.2, 0.25) is 30.1 Å². The van der Waals surface area contributed by atoms with Crippen molar-refractivity contribution >= 4 is 75.5 Å². The van der Waals surface area contributed by atoms with Gasteiger partial charge in [-0.05, 0) is 150 Å². The maximum Gasteiger partial charge on any atom is 0.220 e. The molecule has 4 N–H and O–H groups in total. The van der Waals surface area contributed by atoms with Crippen molar-refractivity contribution in [3.8, 4) is 0 Å². The number of halogens is 6. The van der Waals surface area contributed by atoms with Crippen molar-refractivity contribution in [3.63, 3.8) is 0 Å². The zero-order valence-corrected chi connectivity index (χ0v) is 40.6. The second kappa shape index (κ2) is 25.1. The summed E-state index contributed by atoms with van der Waals surface area (Å²) in [5, 5.41) is 22.6. The molecule has 348 valence electrons. The normalized spacial score (nSPS) is 27.6. The van der Waals surface area contributed by atoms with Crippen LogP contribution in [0.25, 0.3) is 0 Å². The molecule has 5 aliphatic heterocycles. The van der Waals surface area contributed by atoms with E-state index in [4.69, 9.17) is 88.6 Å². The van der Waals surface area contributed by atoms with E-state index in [0.29, 0.717) is 56.3 Å². The molecule has 5 aliphatic rings. The number of amides is 1. The Balaban J connectivity index is 0.000000160. The number of aliphatic hydroxyl groups excluding tert-OH is 1. The van der Waals surface area contributed by atoms with Crippen LogP contribution >= 0.6 is 69.6 Å². The lowest BCUT2D eigenvalue weighted by atomic mass is 9.72. The van der Waals surface area contributed by atoms with Crippen LogP contribution in [-0.4, -0.2) is 89.4 Å². The number of rotatable bonds is 12. The third-order valence-corrected chi connectivity index (χ3v) is 15.5. The van der Waals surface area contributed by atoms with Gasteiger partial charge < -0.3 is 40.0 Å². The van der Waals surface area contributed by atoms with E-state index in [1.54, 1.807) is 0 Å². The SMILES string of the molecule is Clc1ccc(C2(COC3CCCCO3)CCCNC2)cc1Cl.O=C1CCC(CCOC2CCCCO2)(c2ccc(Cl)c(Cl)c2)CN1.OCCC1(c2ccc(Cl)c(Cl)c2)CCCNC1. The van der Waals surface area contributed by atoms with E-state index in [1.165, 1.54) is 17.5 Å². The van der Waals surface area contributed by atoms with Gasteiger partial charge in [0.25, 0.3) is 0 Å². The molecule has 0 saturated carbocycles. The second-order valence-electron chi connectivity index (χ2n) is 17.6. The molecule has 5 atom stereocenters. The lowest BCUT2D eigenvalue weighted by Crippen LogP contribution is -2.47. The van der Waals surface area contributed by atoms with Gasteiger partial charge in [0.15, 0.2) is 12.6 Å². The molecule has 5 fully saturated rings. The standard InChI is InChI=1S/C18H23Cl2NO3.C17H23Cl2NO2.C13H17Cl2NO/c19-14-5-4-13(11-15(14)20)18(7-6-16(22)21-12-18)8-10-24-17-3-1-2-9-23-17;18-14-6-5-13(10-15(14)19)17(7-3-8-20-11-17)12-22-16-4-1-2-9-21-16;14-11-3-2-10(8-12(11)15)13(5-7-17)4-1-6-16-9-13/h4-5,11,17H,1-3,6-10,12H2,(H,21,22);5-6,10,16,20H,1-4,7-9,11-12H2;2-3,8,16-17H,1,4-7,9H2. The van der Waals surface area contributed by atoms with Crippen LogP contribution < -0.4 is 16.0 Å². The first-order valence-corrected chi connectivity index (χ1v) is 24.9. The molecule has 3 aromatic carbocycles. The highest BCUT2D eigenvalue weighted by Gasteiger charge is 2.38. The van der Waals surface area contributed by atoms with Crippen LogP contribution in [-0.2, 0) is 40.0 Å². The molecule has 5 heterocycles. The van der Waals surface area contributed by atoms with Crippen molar-refractivity contribution in [2.24, 2.45) is 0 Å². The summed E-state index contributed by atoms with van der Waals surface area (Å²) in [7, 11) is 0. The van der Waals surface area contributed by atoms with Crippen molar-refractivity contribution in [1.82, 2.24) is 16.0 Å². The van der Waals surface area contributed by atoms with Crippen molar-refractivity contribution < 1.29 is 28.8 Å². The first kappa shape index (κ1) is 51.0. The Kier molecular flexibility index (Phi) is 20.3. The average molecular weight is 991 g/mol. The highest BCUT2D eigenvalue weighted by atomic mass is 35.5. The quantitative estimate of drug-likeness (QED) is 0.142. The van der Waals surface area contributed by atoms with Gasteiger partial charge in [-0.1, -0.05) is 87.8 Å². The zero-order valence-electron chi connectivity index (χ0n) is 36.1. The molecule has 63 heavy (non-hydrogen) atoms. The molecule has 0 radical (unpaired) electrons. The van der Waals surface area contributed by atoms with Gasteiger partial charge in [-0.3, -0.25) is 4.79 Å². The number of piperidine rings is 3. The Morgan fingerprint density at radius 2 is 1.08 bits per heavy atom. The molecule has 0 aliphatic carbocycles. The summed E-state index contributed by atoms with van der Waals surface area (Å²) in [5.41, 5.74) is 3.26. The first-order chi connectivity index (χ1) is 30.5. The second-order valence-corrected chi connectivity index (χ2v) is 20.0. The number of carbonyl (C=O) groups excluding carboxylic acids is 1. The van der Waals surface area contributed by atoms with E-state index >= 15 is 0 Å². The lowest BCUT2D eigenvalue weighted by Gasteiger charge is -2.39. The van der Waals surface area contributed by atoms with E-state index in [9.17, 15) is 9.90 Å². The Morgan fingerprint density at radius 3 is 1.51 bits per heavy atom. The molecule has 5 unspecified atom stereocenters. The number of nitrogens with one attached hydrogen (secondary N) is 3. The van der Waals surface area contributed by atoms with E-state index in [0.717, 1.165) is 122 Å².